The molecular weight excluding hydrogens is 572 g/mol. The highest BCUT2D eigenvalue weighted by Crippen LogP contribution is 2.43. The van der Waals surface area contributed by atoms with Gasteiger partial charge in [-0.1, -0.05) is 19.1 Å². The molecule has 1 atom stereocenters. The molecule has 2 amide bonds. The third kappa shape index (κ3) is 5.02. The molecule has 44 heavy (non-hydrogen) atoms. The van der Waals surface area contributed by atoms with Gasteiger partial charge < -0.3 is 39.3 Å². The second kappa shape index (κ2) is 10.7. The molecule has 0 unspecified atom stereocenters. The number of hydrogen-bond donors (Lipinski definition) is 3. The largest absolute Gasteiger partial charge is 0.458 e. The predicted molar refractivity (Wildman–Crippen MR) is 157 cm³/mol. The number of pyridine rings is 2. The van der Waals surface area contributed by atoms with E-state index in [1.54, 1.807) is 50.5 Å². The Balaban J connectivity index is 1.34. The fourth-order valence-corrected chi connectivity index (χ4v) is 5.57. The number of carbonyl (C=O) groups is 3. The first-order chi connectivity index (χ1) is 20.9. The van der Waals surface area contributed by atoms with Crippen molar-refractivity contribution < 1.29 is 38.4 Å². The van der Waals surface area contributed by atoms with Gasteiger partial charge in [0.2, 0.25) is 12.7 Å². The Morgan fingerprint density at radius 1 is 1.11 bits per heavy atom. The molecule has 0 radical (unpaired) electrons. The van der Waals surface area contributed by atoms with E-state index in [9.17, 15) is 24.3 Å². The van der Waals surface area contributed by atoms with Crippen LogP contribution < -0.4 is 25.7 Å². The number of ether oxygens (including phenoxy) is 4. The van der Waals surface area contributed by atoms with E-state index in [0.717, 1.165) is 16.5 Å². The van der Waals surface area contributed by atoms with Gasteiger partial charge in [0.1, 0.15) is 18.8 Å². The number of benzene rings is 1. The summed E-state index contributed by atoms with van der Waals surface area (Å²) in [4.78, 5) is 55.3. The molecule has 3 aromatic rings. The van der Waals surface area contributed by atoms with Crippen molar-refractivity contribution in [1.82, 2.24) is 20.2 Å². The van der Waals surface area contributed by atoms with E-state index in [1.165, 1.54) is 0 Å². The Morgan fingerprint density at radius 3 is 2.59 bits per heavy atom. The maximum atomic E-state index is 13.7. The summed E-state index contributed by atoms with van der Waals surface area (Å²) in [5.74, 6) is -0.101. The van der Waals surface area contributed by atoms with Crippen LogP contribution >= 0.6 is 0 Å². The van der Waals surface area contributed by atoms with Crippen LogP contribution in [0.3, 0.4) is 0 Å². The van der Waals surface area contributed by atoms with E-state index in [-0.39, 0.29) is 56.1 Å². The summed E-state index contributed by atoms with van der Waals surface area (Å²) in [5.41, 5.74) is 0.562. The molecule has 0 saturated heterocycles. The number of fused-ring (bicyclic) bond motifs is 6. The number of nitrogens with one attached hydrogen (secondary N) is 2. The Kier molecular flexibility index (Phi) is 7.07. The van der Waals surface area contributed by atoms with Crippen molar-refractivity contribution in [1.29, 1.82) is 0 Å². The lowest BCUT2D eigenvalue weighted by Crippen LogP contribution is -2.44. The summed E-state index contributed by atoms with van der Waals surface area (Å²) in [5, 5.41) is 17.1. The molecule has 0 saturated carbocycles. The smallest absolute Gasteiger partial charge is 0.408 e. The molecule has 0 aliphatic carbocycles. The number of cyclic esters (lactones) is 1. The monoisotopic (exact) mass is 604 g/mol. The summed E-state index contributed by atoms with van der Waals surface area (Å²) in [6, 6.07) is 5.25. The minimum atomic E-state index is -1.94. The van der Waals surface area contributed by atoms with E-state index < -0.39 is 29.2 Å². The van der Waals surface area contributed by atoms with Crippen molar-refractivity contribution in [2.24, 2.45) is 0 Å². The average Bonchev–Trinajstić information content (AvgIpc) is 3.58. The summed E-state index contributed by atoms with van der Waals surface area (Å²) in [6.07, 6.45) is 2.93. The minimum absolute atomic E-state index is 0.0379. The molecular formula is C31H32N4O9. The van der Waals surface area contributed by atoms with Gasteiger partial charge in [-0.05, 0) is 44.9 Å². The van der Waals surface area contributed by atoms with Crippen LogP contribution in [0.15, 0.2) is 29.1 Å². The molecule has 6 rings (SSSR count). The average molecular weight is 605 g/mol. The first-order valence-electron chi connectivity index (χ1n) is 14.2. The van der Waals surface area contributed by atoms with Gasteiger partial charge in [-0.15, -0.1) is 0 Å². The molecule has 13 heteroatoms. The molecule has 3 aliphatic rings. The van der Waals surface area contributed by atoms with Gasteiger partial charge in [0.05, 0.1) is 29.0 Å². The quantitative estimate of drug-likeness (QED) is 0.278. The fourth-order valence-electron chi connectivity index (χ4n) is 5.57. The van der Waals surface area contributed by atoms with Crippen LogP contribution in [-0.2, 0) is 37.8 Å². The number of aliphatic hydroxyl groups is 1. The zero-order valence-electron chi connectivity index (χ0n) is 24.7. The molecule has 1 aromatic carbocycles. The van der Waals surface area contributed by atoms with E-state index >= 15 is 0 Å². The minimum Gasteiger partial charge on any atom is -0.458 e. The topological polar surface area (TPSA) is 167 Å². The number of aromatic nitrogens is 2. The number of nitrogens with zero attached hydrogens (tertiary/aromatic N) is 2. The summed E-state index contributed by atoms with van der Waals surface area (Å²) < 4.78 is 23.1. The van der Waals surface area contributed by atoms with Crippen LogP contribution in [0.25, 0.3) is 28.4 Å². The van der Waals surface area contributed by atoms with Gasteiger partial charge in [-0.2, -0.15) is 0 Å². The van der Waals surface area contributed by atoms with E-state index in [2.05, 4.69) is 10.6 Å². The second-order valence-corrected chi connectivity index (χ2v) is 11.7. The third-order valence-electron chi connectivity index (χ3n) is 7.72. The van der Waals surface area contributed by atoms with Gasteiger partial charge in [0, 0.05) is 29.1 Å². The standard InChI is InChI=1S/C31H32N4O9/c1-5-31(40)20-10-22-26-18(13-35(22)27(37)19(20)14-41-28(31)38)16(17-9-23-24(43-15-42-23)11-21(17)34-26)7-6-8-32-25(36)12-33-29(39)44-30(2,3)4/h6-7,9-11,40H,5,8,12-15H2,1-4H3,(H,32,36)(H,33,39)/b7-6+/t31-/m0/s1. The maximum Gasteiger partial charge on any atom is 0.408 e. The molecule has 3 N–H and O–H groups in total. The summed E-state index contributed by atoms with van der Waals surface area (Å²) >= 11 is 0. The zero-order chi connectivity index (χ0) is 31.4. The molecule has 13 nitrogen and oxygen atoms in total. The molecule has 5 heterocycles. The normalized spacial score (nSPS) is 18.1. The number of esters is 1. The lowest BCUT2D eigenvalue weighted by atomic mass is 9.86. The summed E-state index contributed by atoms with van der Waals surface area (Å²) in [7, 11) is 0. The van der Waals surface area contributed by atoms with Crippen molar-refractivity contribution >= 4 is 34.9 Å². The van der Waals surface area contributed by atoms with Crippen LogP contribution in [0, 0.1) is 0 Å². The highest BCUT2D eigenvalue weighted by Gasteiger charge is 2.45. The van der Waals surface area contributed by atoms with E-state index in [1.807, 2.05) is 12.1 Å². The summed E-state index contributed by atoms with van der Waals surface area (Å²) in [6.45, 7) is 6.79. The highest BCUT2D eigenvalue weighted by atomic mass is 16.7. The molecule has 0 spiro atoms. The van der Waals surface area contributed by atoms with Gasteiger partial charge in [0.25, 0.3) is 5.56 Å². The van der Waals surface area contributed by atoms with Crippen molar-refractivity contribution in [3.05, 3.63) is 56.9 Å². The first kappa shape index (κ1) is 29.2. The molecule has 2 aromatic heterocycles. The van der Waals surface area contributed by atoms with Gasteiger partial charge in [-0.3, -0.25) is 9.59 Å². The molecule has 0 fully saturated rings. The van der Waals surface area contributed by atoms with Crippen molar-refractivity contribution in [3.8, 4) is 22.9 Å². The first-order valence-corrected chi connectivity index (χ1v) is 14.2. The van der Waals surface area contributed by atoms with Crippen molar-refractivity contribution in [3.63, 3.8) is 0 Å². The third-order valence-corrected chi connectivity index (χ3v) is 7.72. The second-order valence-electron chi connectivity index (χ2n) is 11.7. The van der Waals surface area contributed by atoms with Gasteiger partial charge in [-0.25, -0.2) is 14.6 Å². The number of rotatable bonds is 6. The molecule has 230 valence electrons. The Labute approximate surface area is 251 Å². The van der Waals surface area contributed by atoms with Crippen LogP contribution in [-0.4, -0.2) is 58.1 Å². The Hall–Kier alpha value is -4.91. The van der Waals surface area contributed by atoms with Crippen LogP contribution in [0.4, 0.5) is 4.79 Å². The van der Waals surface area contributed by atoms with Crippen molar-refractivity contribution in [2.75, 3.05) is 19.9 Å². The van der Waals surface area contributed by atoms with Crippen molar-refractivity contribution in [2.45, 2.75) is 58.5 Å². The Morgan fingerprint density at radius 2 is 1.86 bits per heavy atom. The van der Waals surface area contributed by atoms with Crippen LogP contribution in [0.1, 0.15) is 56.4 Å². The SMILES string of the molecule is CC[C@@]1(O)C(=O)OCc2c1cc1n(c2=O)Cc2c-1nc1cc3c(cc1c2/C=C/CNC(=O)CNC(=O)OC(C)(C)C)OCO3. The maximum absolute atomic E-state index is 13.7. The van der Waals surface area contributed by atoms with Gasteiger partial charge >= 0.3 is 12.1 Å². The fraction of sp³-hybridized carbons (Fsp3) is 0.387. The van der Waals surface area contributed by atoms with Gasteiger partial charge in [0.15, 0.2) is 17.1 Å². The molecule has 3 aliphatic heterocycles. The lowest BCUT2D eigenvalue weighted by Gasteiger charge is -2.31. The number of carbonyl (C=O) groups excluding carboxylic acids is 3. The molecule has 0 bridgehead atoms. The van der Waals surface area contributed by atoms with E-state index in [4.69, 9.17) is 23.9 Å². The van der Waals surface area contributed by atoms with E-state index in [0.29, 0.717) is 28.4 Å². The predicted octanol–water partition coefficient (Wildman–Crippen LogP) is 2.46. The zero-order valence-corrected chi connectivity index (χ0v) is 24.7. The van der Waals surface area contributed by atoms with Crippen LogP contribution in [0.5, 0.6) is 11.5 Å². The number of hydrogen-bond acceptors (Lipinski definition) is 10. The Bertz CT molecular complexity index is 1820. The number of alkyl carbamates (subject to hydrolysis) is 1. The number of amides is 2. The van der Waals surface area contributed by atoms with Crippen LogP contribution in [0.2, 0.25) is 0 Å². The highest BCUT2D eigenvalue weighted by molar-refractivity contribution is 5.95. The lowest BCUT2D eigenvalue weighted by molar-refractivity contribution is -0.172.